The molecule has 390 valence electrons. The zero-order valence-corrected chi connectivity index (χ0v) is 46.2. The van der Waals surface area contributed by atoms with Crippen LogP contribution in [0.2, 0.25) is 0 Å². The van der Waals surface area contributed by atoms with Crippen LogP contribution < -0.4 is 9.80 Å². The highest BCUT2D eigenvalue weighted by Crippen LogP contribution is 2.53. The van der Waals surface area contributed by atoms with Gasteiger partial charge in [-0.3, -0.25) is 0 Å². The van der Waals surface area contributed by atoms with Gasteiger partial charge in [0.05, 0.1) is 11.0 Å². The van der Waals surface area contributed by atoms with Crippen LogP contribution >= 0.6 is 0 Å². The molecule has 0 amide bonds. The van der Waals surface area contributed by atoms with Crippen molar-refractivity contribution in [3.8, 4) is 50.2 Å². The molecule has 2 aliphatic rings. The molecule has 0 aliphatic heterocycles. The lowest BCUT2D eigenvalue weighted by atomic mass is 9.82. The van der Waals surface area contributed by atoms with Gasteiger partial charge in [-0.05, 0) is 182 Å². The minimum absolute atomic E-state index is 0.109. The molecule has 82 heavy (non-hydrogen) atoms. The van der Waals surface area contributed by atoms with Gasteiger partial charge in [0.2, 0.25) is 0 Å². The van der Waals surface area contributed by atoms with Crippen LogP contribution in [0.5, 0.6) is 0 Å². The fourth-order valence-electron chi connectivity index (χ4n) is 13.8. The summed E-state index contributed by atoms with van der Waals surface area (Å²) in [7, 11) is 0. The Kier molecular flexibility index (Phi) is 10.6. The standard InChI is InChI=1S/C78H57N3O/c1-77(2)69-24-14-11-21-61(69)63-40-37-58(47-71(63)77)79(54-17-7-5-8-18-54)56-33-27-50(28-34-56)52-31-43-73-67(45-52)68-46-53(32-44-74(68)81(73)60-39-42-66-65-23-13-16-26-75(65)82-76(66)49-60)51-29-35-57(36-30-51)80(55-19-9-6-10-20-55)59-38-41-64-62-22-12-15-25-70(62)78(3,4)72(64)48-59/h5-49H,1-4H3. The highest BCUT2D eigenvalue weighted by Gasteiger charge is 2.37. The van der Waals surface area contributed by atoms with Gasteiger partial charge in [0.25, 0.3) is 0 Å². The van der Waals surface area contributed by atoms with Crippen LogP contribution in [0.3, 0.4) is 0 Å². The smallest absolute Gasteiger partial charge is 0.137 e. The molecule has 14 aromatic rings. The maximum absolute atomic E-state index is 6.50. The molecule has 0 spiro atoms. The molecule has 12 aromatic carbocycles. The van der Waals surface area contributed by atoms with Gasteiger partial charge in [0, 0.05) is 78.3 Å². The molecular weight excluding hydrogens is 995 g/mol. The summed E-state index contributed by atoms with van der Waals surface area (Å²) in [6.07, 6.45) is 0. The highest BCUT2D eigenvalue weighted by atomic mass is 16.3. The molecule has 0 saturated heterocycles. The maximum atomic E-state index is 6.50. The number of para-hydroxylation sites is 3. The SMILES string of the molecule is CC1(C)c2ccccc2-c2ccc(N(c3ccccc3)c3ccc(-c4ccc5c(c4)c4cc(-c6ccc(N(c7ccccc7)c7ccc8c(c7)C(C)(C)c7ccccc7-8)cc6)ccc4n5-c4ccc5c(c4)oc4ccccc45)cc3)cc21. The molecule has 4 heteroatoms. The van der Waals surface area contributed by atoms with Crippen LogP contribution in [0.15, 0.2) is 277 Å². The molecule has 0 N–H and O–H groups in total. The van der Waals surface area contributed by atoms with Crippen molar-refractivity contribution in [2.24, 2.45) is 0 Å². The largest absolute Gasteiger partial charge is 0.456 e. The van der Waals surface area contributed by atoms with Crippen LogP contribution in [-0.2, 0) is 10.8 Å². The summed E-state index contributed by atoms with van der Waals surface area (Å²) in [6.45, 7) is 9.41. The van der Waals surface area contributed by atoms with Gasteiger partial charge < -0.3 is 18.8 Å². The summed E-state index contributed by atoms with van der Waals surface area (Å²) in [5.74, 6) is 0. The number of rotatable bonds is 9. The molecule has 2 heterocycles. The van der Waals surface area contributed by atoms with Crippen LogP contribution in [0.4, 0.5) is 34.1 Å². The van der Waals surface area contributed by atoms with E-state index in [4.69, 9.17) is 4.42 Å². The molecule has 16 rings (SSSR count). The predicted octanol–water partition coefficient (Wildman–Crippen LogP) is 21.6. The van der Waals surface area contributed by atoms with Crippen molar-refractivity contribution in [3.63, 3.8) is 0 Å². The van der Waals surface area contributed by atoms with Crippen molar-refractivity contribution in [2.45, 2.75) is 38.5 Å². The van der Waals surface area contributed by atoms with Crippen molar-refractivity contribution in [1.82, 2.24) is 4.57 Å². The minimum Gasteiger partial charge on any atom is -0.456 e. The predicted molar refractivity (Wildman–Crippen MR) is 343 cm³/mol. The monoisotopic (exact) mass is 1050 g/mol. The molecule has 2 aliphatic carbocycles. The van der Waals surface area contributed by atoms with E-state index in [1.54, 1.807) is 0 Å². The Morgan fingerprint density at radius 2 is 0.683 bits per heavy atom. The maximum Gasteiger partial charge on any atom is 0.137 e. The third-order valence-electron chi connectivity index (χ3n) is 18.0. The van der Waals surface area contributed by atoms with E-state index in [9.17, 15) is 0 Å². The van der Waals surface area contributed by atoms with Crippen molar-refractivity contribution >= 4 is 77.9 Å². The van der Waals surface area contributed by atoms with Gasteiger partial charge in [0.15, 0.2) is 0 Å². The average molecular weight is 1050 g/mol. The lowest BCUT2D eigenvalue weighted by Gasteiger charge is -2.28. The Bertz CT molecular complexity index is 4600. The first-order valence-corrected chi connectivity index (χ1v) is 28.6. The minimum atomic E-state index is -0.109. The van der Waals surface area contributed by atoms with E-state index in [-0.39, 0.29) is 10.8 Å². The van der Waals surface area contributed by atoms with Crippen molar-refractivity contribution in [3.05, 3.63) is 295 Å². The Morgan fingerprint density at radius 1 is 0.280 bits per heavy atom. The summed E-state index contributed by atoms with van der Waals surface area (Å²) in [6, 6.07) is 100. The first kappa shape index (κ1) is 47.8. The lowest BCUT2D eigenvalue weighted by molar-refractivity contribution is 0.660. The number of hydrogen-bond donors (Lipinski definition) is 0. The number of furan rings is 1. The van der Waals surface area contributed by atoms with E-state index < -0.39 is 0 Å². The second-order valence-corrected chi connectivity index (χ2v) is 23.3. The number of aromatic nitrogens is 1. The summed E-state index contributed by atoms with van der Waals surface area (Å²) < 4.78 is 8.90. The van der Waals surface area contributed by atoms with Crippen LogP contribution in [0, 0.1) is 0 Å². The Hall–Kier alpha value is -10.2. The Labute approximate surface area is 478 Å². The van der Waals surface area contributed by atoms with Gasteiger partial charge in [0.1, 0.15) is 11.2 Å². The number of nitrogens with zero attached hydrogens (tertiary/aromatic N) is 3. The Balaban J connectivity index is 0.793. The van der Waals surface area contributed by atoms with Gasteiger partial charge in [-0.1, -0.05) is 179 Å². The van der Waals surface area contributed by atoms with E-state index in [1.165, 1.54) is 55.3 Å². The summed E-state index contributed by atoms with van der Waals surface area (Å²) in [5.41, 5.74) is 27.0. The van der Waals surface area contributed by atoms with Crippen molar-refractivity contribution in [1.29, 1.82) is 0 Å². The third kappa shape index (κ3) is 7.38. The fraction of sp³-hybridized carbons (Fsp3) is 0.0769. The molecule has 0 bridgehead atoms. The number of anilines is 6. The number of fused-ring (bicyclic) bond motifs is 12. The van der Waals surface area contributed by atoms with Gasteiger partial charge in [-0.15, -0.1) is 0 Å². The van der Waals surface area contributed by atoms with Crippen LogP contribution in [0.1, 0.15) is 49.9 Å². The molecule has 0 unspecified atom stereocenters. The molecule has 0 radical (unpaired) electrons. The third-order valence-corrected chi connectivity index (χ3v) is 18.0. The van der Waals surface area contributed by atoms with Crippen LogP contribution in [0.25, 0.3) is 93.9 Å². The summed E-state index contributed by atoms with van der Waals surface area (Å²) in [4.78, 5) is 4.78. The first-order valence-electron chi connectivity index (χ1n) is 28.6. The number of hydrogen-bond acceptors (Lipinski definition) is 3. The number of benzene rings is 12. The second kappa shape index (κ2) is 18.2. The van der Waals surface area contributed by atoms with Crippen LogP contribution in [-0.4, -0.2) is 4.57 Å². The lowest BCUT2D eigenvalue weighted by Crippen LogP contribution is -2.16. The molecule has 4 nitrogen and oxygen atoms in total. The van der Waals surface area contributed by atoms with Gasteiger partial charge in [-0.2, -0.15) is 0 Å². The molecule has 0 saturated carbocycles. The fourth-order valence-corrected chi connectivity index (χ4v) is 13.8. The van der Waals surface area contributed by atoms with Crippen molar-refractivity contribution in [2.75, 3.05) is 9.80 Å². The van der Waals surface area contributed by atoms with E-state index in [2.05, 4.69) is 309 Å². The van der Waals surface area contributed by atoms with E-state index in [0.717, 1.165) is 95.0 Å². The van der Waals surface area contributed by atoms with Gasteiger partial charge >= 0.3 is 0 Å². The van der Waals surface area contributed by atoms with Gasteiger partial charge in [-0.25, -0.2) is 0 Å². The topological polar surface area (TPSA) is 24.6 Å². The zero-order chi connectivity index (χ0) is 54.8. The van der Waals surface area contributed by atoms with Crippen molar-refractivity contribution < 1.29 is 4.42 Å². The first-order chi connectivity index (χ1) is 40.2. The summed E-state index contributed by atoms with van der Waals surface area (Å²) in [5, 5.41) is 4.61. The van der Waals surface area contributed by atoms with E-state index in [1.807, 2.05) is 6.07 Å². The quantitative estimate of drug-likeness (QED) is 0.144. The molecule has 2 aromatic heterocycles. The normalized spacial score (nSPS) is 13.6. The molecule has 0 fully saturated rings. The average Bonchev–Trinajstić information content (AvgIpc) is 3.65. The summed E-state index contributed by atoms with van der Waals surface area (Å²) >= 11 is 0. The molecular formula is C78H57N3O. The zero-order valence-electron chi connectivity index (χ0n) is 46.2. The van der Waals surface area contributed by atoms with E-state index >= 15 is 0 Å². The van der Waals surface area contributed by atoms with E-state index in [0.29, 0.717) is 0 Å². The Morgan fingerprint density at radius 3 is 1.20 bits per heavy atom. The highest BCUT2D eigenvalue weighted by molar-refractivity contribution is 6.12. The molecule has 0 atom stereocenters. The second-order valence-electron chi connectivity index (χ2n) is 23.3.